The maximum atomic E-state index is 3.49. The Hall–Kier alpha value is 0.210. The summed E-state index contributed by atoms with van der Waals surface area (Å²) in [7, 11) is 0. The van der Waals surface area contributed by atoms with E-state index in [2.05, 4.69) is 17.1 Å². The van der Waals surface area contributed by atoms with Crippen LogP contribution in [-0.2, 0) is 0 Å². The first-order valence-corrected chi connectivity index (χ1v) is 7.31. The summed E-state index contributed by atoms with van der Waals surface area (Å²) < 4.78 is 0. The van der Waals surface area contributed by atoms with Crippen LogP contribution in [0.25, 0.3) is 0 Å². The van der Waals surface area contributed by atoms with Crippen molar-refractivity contribution in [3.8, 4) is 0 Å². The molecule has 102 valence electrons. The van der Waals surface area contributed by atoms with Crippen molar-refractivity contribution in [1.82, 2.24) is 10.2 Å². The lowest BCUT2D eigenvalue weighted by atomic mass is 9.95. The molecule has 1 aliphatic carbocycles. The van der Waals surface area contributed by atoms with Crippen LogP contribution in [0.2, 0.25) is 0 Å². The van der Waals surface area contributed by atoms with Gasteiger partial charge in [-0.3, -0.25) is 0 Å². The molecule has 0 amide bonds. The smallest absolute Gasteiger partial charge is 0.000966 e. The van der Waals surface area contributed by atoms with Gasteiger partial charge in [0.1, 0.15) is 0 Å². The highest BCUT2D eigenvalue weighted by atomic mass is 35.5. The summed E-state index contributed by atoms with van der Waals surface area (Å²) in [6.45, 7) is 8.68. The molecule has 1 aliphatic heterocycles. The van der Waals surface area contributed by atoms with Crippen LogP contribution in [0.3, 0.4) is 0 Å². The van der Waals surface area contributed by atoms with Gasteiger partial charge in [-0.2, -0.15) is 0 Å². The zero-order valence-electron chi connectivity index (χ0n) is 11.3. The third kappa shape index (κ3) is 5.15. The Labute approximate surface area is 113 Å². The highest BCUT2D eigenvalue weighted by Crippen LogP contribution is 2.27. The van der Waals surface area contributed by atoms with E-state index in [0.29, 0.717) is 0 Å². The second-order valence-corrected chi connectivity index (χ2v) is 5.70. The fourth-order valence-corrected chi connectivity index (χ4v) is 3.28. The number of piperidine rings is 1. The molecule has 1 saturated carbocycles. The molecular weight excluding hydrogens is 232 g/mol. The maximum absolute atomic E-state index is 3.49. The van der Waals surface area contributed by atoms with Gasteiger partial charge in [0.2, 0.25) is 0 Å². The fourth-order valence-electron chi connectivity index (χ4n) is 3.28. The SMILES string of the molecule is CCNCC1CCN(CC2CCCC2)CC1.Cl. The van der Waals surface area contributed by atoms with Gasteiger partial charge in [-0.05, 0) is 63.7 Å². The normalized spacial score (nSPS) is 23.8. The van der Waals surface area contributed by atoms with E-state index in [4.69, 9.17) is 0 Å². The largest absolute Gasteiger partial charge is 0.317 e. The molecule has 2 fully saturated rings. The monoisotopic (exact) mass is 260 g/mol. The lowest BCUT2D eigenvalue weighted by Gasteiger charge is -2.33. The molecule has 0 aromatic carbocycles. The molecule has 1 heterocycles. The van der Waals surface area contributed by atoms with Crippen LogP contribution in [0.5, 0.6) is 0 Å². The van der Waals surface area contributed by atoms with Gasteiger partial charge in [-0.1, -0.05) is 19.8 Å². The molecule has 2 aliphatic rings. The van der Waals surface area contributed by atoms with E-state index in [9.17, 15) is 0 Å². The zero-order chi connectivity index (χ0) is 11.2. The van der Waals surface area contributed by atoms with Crippen LogP contribution in [0.4, 0.5) is 0 Å². The summed E-state index contributed by atoms with van der Waals surface area (Å²) >= 11 is 0. The Morgan fingerprint density at radius 3 is 2.24 bits per heavy atom. The molecule has 3 heteroatoms. The highest BCUT2D eigenvalue weighted by molar-refractivity contribution is 5.85. The van der Waals surface area contributed by atoms with Crippen molar-refractivity contribution in [3.05, 3.63) is 0 Å². The Kier molecular flexibility index (Phi) is 7.49. The lowest BCUT2D eigenvalue weighted by molar-refractivity contribution is 0.160. The molecule has 2 nitrogen and oxygen atoms in total. The van der Waals surface area contributed by atoms with Gasteiger partial charge in [0.25, 0.3) is 0 Å². The van der Waals surface area contributed by atoms with Crippen molar-refractivity contribution >= 4 is 12.4 Å². The van der Waals surface area contributed by atoms with Crippen LogP contribution in [0.1, 0.15) is 45.4 Å². The van der Waals surface area contributed by atoms with Crippen LogP contribution < -0.4 is 5.32 Å². The van der Waals surface area contributed by atoms with E-state index in [1.165, 1.54) is 64.7 Å². The number of hydrogen-bond donors (Lipinski definition) is 1. The topological polar surface area (TPSA) is 15.3 Å². The van der Waals surface area contributed by atoms with E-state index in [1.54, 1.807) is 0 Å². The summed E-state index contributed by atoms with van der Waals surface area (Å²) in [6, 6.07) is 0. The number of hydrogen-bond acceptors (Lipinski definition) is 2. The first kappa shape index (κ1) is 15.3. The minimum atomic E-state index is 0. The van der Waals surface area contributed by atoms with Gasteiger partial charge >= 0.3 is 0 Å². The third-order valence-electron chi connectivity index (χ3n) is 4.38. The van der Waals surface area contributed by atoms with Crippen LogP contribution in [0.15, 0.2) is 0 Å². The Morgan fingerprint density at radius 2 is 1.65 bits per heavy atom. The van der Waals surface area contributed by atoms with E-state index >= 15 is 0 Å². The fraction of sp³-hybridized carbons (Fsp3) is 1.00. The summed E-state index contributed by atoms with van der Waals surface area (Å²) in [5.74, 6) is 1.98. The van der Waals surface area contributed by atoms with Crippen molar-refractivity contribution in [2.24, 2.45) is 11.8 Å². The predicted molar refractivity (Wildman–Crippen MR) is 76.9 cm³/mol. The van der Waals surface area contributed by atoms with Crippen LogP contribution in [0, 0.1) is 11.8 Å². The quantitative estimate of drug-likeness (QED) is 0.818. The maximum Gasteiger partial charge on any atom is 0.000966 e. The zero-order valence-corrected chi connectivity index (χ0v) is 12.1. The molecule has 0 unspecified atom stereocenters. The summed E-state index contributed by atoms with van der Waals surface area (Å²) in [5, 5.41) is 3.49. The number of rotatable bonds is 5. The van der Waals surface area contributed by atoms with E-state index in [-0.39, 0.29) is 12.4 Å². The molecule has 1 N–H and O–H groups in total. The van der Waals surface area contributed by atoms with Gasteiger partial charge in [-0.25, -0.2) is 0 Å². The van der Waals surface area contributed by atoms with E-state index in [1.807, 2.05) is 0 Å². The molecule has 0 spiro atoms. The van der Waals surface area contributed by atoms with Crippen LogP contribution in [-0.4, -0.2) is 37.6 Å². The van der Waals surface area contributed by atoms with Gasteiger partial charge in [0.15, 0.2) is 0 Å². The van der Waals surface area contributed by atoms with Crippen molar-refractivity contribution in [3.63, 3.8) is 0 Å². The van der Waals surface area contributed by atoms with Gasteiger partial charge in [0.05, 0.1) is 0 Å². The van der Waals surface area contributed by atoms with Crippen molar-refractivity contribution in [2.75, 3.05) is 32.7 Å². The third-order valence-corrected chi connectivity index (χ3v) is 4.38. The van der Waals surface area contributed by atoms with Gasteiger partial charge < -0.3 is 10.2 Å². The van der Waals surface area contributed by atoms with Crippen molar-refractivity contribution in [1.29, 1.82) is 0 Å². The Morgan fingerprint density at radius 1 is 1.00 bits per heavy atom. The number of nitrogens with zero attached hydrogens (tertiary/aromatic N) is 1. The van der Waals surface area contributed by atoms with Crippen molar-refractivity contribution in [2.45, 2.75) is 45.4 Å². The average molecular weight is 261 g/mol. The number of likely N-dealkylation sites (tertiary alicyclic amines) is 1. The van der Waals surface area contributed by atoms with Crippen molar-refractivity contribution < 1.29 is 0 Å². The van der Waals surface area contributed by atoms with Crippen LogP contribution >= 0.6 is 12.4 Å². The lowest BCUT2D eigenvalue weighted by Crippen LogP contribution is -2.39. The second kappa shape index (κ2) is 8.34. The average Bonchev–Trinajstić information content (AvgIpc) is 2.81. The van der Waals surface area contributed by atoms with Gasteiger partial charge in [0, 0.05) is 6.54 Å². The standard InChI is InChI=1S/C14H28N2.ClH/c1-2-15-11-13-7-9-16(10-8-13)12-14-5-3-4-6-14;/h13-15H,2-12H2,1H3;1H. The first-order valence-electron chi connectivity index (χ1n) is 7.31. The first-order chi connectivity index (χ1) is 7.88. The number of halogens is 1. The number of nitrogens with one attached hydrogen (secondary N) is 1. The molecule has 0 aromatic heterocycles. The molecule has 0 aromatic rings. The Balaban J connectivity index is 0.00000144. The summed E-state index contributed by atoms with van der Waals surface area (Å²) in [6.07, 6.45) is 8.80. The molecule has 1 saturated heterocycles. The summed E-state index contributed by atoms with van der Waals surface area (Å²) in [4.78, 5) is 2.72. The second-order valence-electron chi connectivity index (χ2n) is 5.70. The Bertz CT molecular complexity index is 185. The minimum absolute atomic E-state index is 0. The van der Waals surface area contributed by atoms with E-state index in [0.717, 1.165) is 18.4 Å². The van der Waals surface area contributed by atoms with Gasteiger partial charge in [-0.15, -0.1) is 12.4 Å². The molecular formula is C14H29ClN2. The predicted octanol–water partition coefficient (Wildman–Crippen LogP) is 2.92. The minimum Gasteiger partial charge on any atom is -0.317 e. The molecule has 17 heavy (non-hydrogen) atoms. The molecule has 2 rings (SSSR count). The molecule has 0 bridgehead atoms. The molecule has 0 radical (unpaired) electrons. The molecule has 0 atom stereocenters. The van der Waals surface area contributed by atoms with E-state index < -0.39 is 0 Å². The highest BCUT2D eigenvalue weighted by Gasteiger charge is 2.22. The summed E-state index contributed by atoms with van der Waals surface area (Å²) in [5.41, 5.74) is 0.